The van der Waals surface area contributed by atoms with Crippen LogP contribution in [0.5, 0.6) is 0 Å². The second-order valence-corrected chi connectivity index (χ2v) is 9.12. The summed E-state index contributed by atoms with van der Waals surface area (Å²) in [7, 11) is 0. The number of nitrogens with one attached hydrogen (secondary N) is 3. The number of hydrogen-bond acceptors (Lipinski definition) is 6. The first-order valence-electron chi connectivity index (χ1n) is 11.6. The molecule has 178 valence electrons. The highest BCUT2D eigenvalue weighted by Gasteiger charge is 2.29. The molecule has 2 aromatic rings. The van der Waals surface area contributed by atoms with Crippen LogP contribution in [-0.4, -0.2) is 64.8 Å². The topological polar surface area (TPSA) is 117 Å². The van der Waals surface area contributed by atoms with Gasteiger partial charge in [0.2, 0.25) is 0 Å². The number of nitrogens with zero attached hydrogens (tertiary/aromatic N) is 3. The summed E-state index contributed by atoms with van der Waals surface area (Å²) in [6, 6.07) is 9.05. The molecule has 1 saturated heterocycles. The van der Waals surface area contributed by atoms with Gasteiger partial charge in [-0.15, -0.1) is 12.4 Å². The van der Waals surface area contributed by atoms with Crippen LogP contribution in [0.1, 0.15) is 30.4 Å². The summed E-state index contributed by atoms with van der Waals surface area (Å²) in [5, 5.41) is 9.68. The van der Waals surface area contributed by atoms with Gasteiger partial charge in [0.05, 0.1) is 5.69 Å². The monoisotopic (exact) mass is 473 g/mol. The molecule has 2 amide bonds. The summed E-state index contributed by atoms with van der Waals surface area (Å²) in [5.41, 5.74) is 8.93. The molecule has 2 heterocycles. The number of aryl methyl sites for hydroxylation is 1. The van der Waals surface area contributed by atoms with Crippen LogP contribution in [0, 0.1) is 0 Å². The molecule has 1 aromatic carbocycles. The third-order valence-corrected chi connectivity index (χ3v) is 6.79. The molecule has 2 aliphatic carbocycles. The fraction of sp³-hybridized carbons (Fsp3) is 0.522. The first-order chi connectivity index (χ1) is 15.5. The maximum absolute atomic E-state index is 12.7. The minimum absolute atomic E-state index is 0. The quantitative estimate of drug-likeness (QED) is 0.527. The predicted octanol–water partition coefficient (Wildman–Crippen LogP) is 1.03. The lowest BCUT2D eigenvalue weighted by Crippen LogP contribution is -2.52. The van der Waals surface area contributed by atoms with Gasteiger partial charge in [-0.2, -0.15) is 4.98 Å². The Labute approximate surface area is 199 Å². The lowest BCUT2D eigenvalue weighted by molar-refractivity contribution is 0.204. The van der Waals surface area contributed by atoms with Crippen LogP contribution >= 0.6 is 12.4 Å². The summed E-state index contributed by atoms with van der Waals surface area (Å²) in [6.07, 6.45) is 6.91. The number of rotatable bonds is 4. The van der Waals surface area contributed by atoms with E-state index in [2.05, 4.69) is 33.1 Å². The molecule has 1 unspecified atom stereocenters. The summed E-state index contributed by atoms with van der Waals surface area (Å²) in [4.78, 5) is 30.8. The highest BCUT2D eigenvalue weighted by molar-refractivity contribution is 5.88. The normalized spacial score (nSPS) is 24.3. The molecule has 10 heteroatoms. The molecular weight excluding hydrogens is 442 g/mol. The highest BCUT2D eigenvalue weighted by atomic mass is 35.5. The van der Waals surface area contributed by atoms with Gasteiger partial charge in [0.15, 0.2) is 0 Å². The van der Waals surface area contributed by atoms with E-state index in [-0.39, 0.29) is 24.3 Å². The average molecular weight is 474 g/mol. The van der Waals surface area contributed by atoms with E-state index in [1.807, 2.05) is 6.07 Å². The number of nitrogens with two attached hydrogens (primary N) is 1. The zero-order chi connectivity index (χ0) is 22.1. The van der Waals surface area contributed by atoms with Gasteiger partial charge < -0.3 is 21.3 Å². The zero-order valence-corrected chi connectivity index (χ0v) is 19.4. The molecule has 1 atom stereocenters. The van der Waals surface area contributed by atoms with Gasteiger partial charge in [-0.25, -0.2) is 9.59 Å². The number of benzene rings is 1. The van der Waals surface area contributed by atoms with Crippen molar-refractivity contribution in [3.8, 4) is 5.69 Å². The number of carbonyl (C=O) groups is 1. The fourth-order valence-electron chi connectivity index (χ4n) is 4.89. The van der Waals surface area contributed by atoms with Crippen LogP contribution in [0.15, 0.2) is 35.3 Å². The van der Waals surface area contributed by atoms with E-state index in [1.54, 1.807) is 17.2 Å². The molecule has 0 bridgehead atoms. The van der Waals surface area contributed by atoms with Crippen LogP contribution in [0.4, 0.5) is 10.6 Å². The first-order valence-corrected chi connectivity index (χ1v) is 11.6. The predicted molar refractivity (Wildman–Crippen MR) is 130 cm³/mol. The van der Waals surface area contributed by atoms with Gasteiger partial charge >= 0.3 is 11.7 Å². The molecule has 1 aromatic heterocycles. The largest absolute Gasteiger partial charge is 0.354 e. The molecular formula is C23H32ClN7O2. The zero-order valence-electron chi connectivity index (χ0n) is 18.6. The Kier molecular flexibility index (Phi) is 7.33. The summed E-state index contributed by atoms with van der Waals surface area (Å²) < 4.78 is 1.53. The number of hydrogen-bond donors (Lipinski definition) is 4. The molecule has 0 radical (unpaired) electrons. The number of halogens is 1. The van der Waals surface area contributed by atoms with Crippen LogP contribution in [0.25, 0.3) is 5.69 Å². The molecule has 0 spiro atoms. The number of piperazine rings is 1. The third-order valence-electron chi connectivity index (χ3n) is 6.79. The van der Waals surface area contributed by atoms with Crippen molar-refractivity contribution in [1.29, 1.82) is 0 Å². The average Bonchev–Trinajstić information content (AvgIpc) is 2.78. The number of anilines is 1. The van der Waals surface area contributed by atoms with Crippen molar-refractivity contribution in [2.75, 3.05) is 31.5 Å². The van der Waals surface area contributed by atoms with Crippen LogP contribution in [0.2, 0.25) is 0 Å². The molecule has 33 heavy (non-hydrogen) atoms. The van der Waals surface area contributed by atoms with Crippen molar-refractivity contribution in [2.24, 2.45) is 5.73 Å². The molecule has 5 rings (SSSR count). The second kappa shape index (κ2) is 10.2. The van der Waals surface area contributed by atoms with Gasteiger partial charge in [0.25, 0.3) is 0 Å². The number of fused-ring (bicyclic) bond motifs is 1. The van der Waals surface area contributed by atoms with Crippen LogP contribution in [-0.2, 0) is 12.8 Å². The second-order valence-electron chi connectivity index (χ2n) is 9.12. The molecule has 1 aliphatic heterocycles. The van der Waals surface area contributed by atoms with Crippen molar-refractivity contribution < 1.29 is 4.79 Å². The maximum atomic E-state index is 12.7. The Morgan fingerprint density at radius 2 is 1.91 bits per heavy atom. The van der Waals surface area contributed by atoms with E-state index >= 15 is 0 Å². The smallest absolute Gasteiger partial charge is 0.328 e. The van der Waals surface area contributed by atoms with Crippen molar-refractivity contribution in [1.82, 2.24) is 25.1 Å². The maximum Gasteiger partial charge on any atom is 0.354 e. The molecule has 2 fully saturated rings. The van der Waals surface area contributed by atoms with E-state index in [0.717, 1.165) is 50.9 Å². The Bertz CT molecular complexity index is 1050. The van der Waals surface area contributed by atoms with Crippen LogP contribution < -0.4 is 27.4 Å². The van der Waals surface area contributed by atoms with Gasteiger partial charge in [-0.05, 0) is 61.4 Å². The molecule has 1 saturated carbocycles. The summed E-state index contributed by atoms with van der Waals surface area (Å²) in [6.45, 7) is 2.82. The lowest BCUT2D eigenvalue weighted by Gasteiger charge is -2.38. The van der Waals surface area contributed by atoms with Gasteiger partial charge in [0, 0.05) is 50.5 Å². The molecule has 9 nitrogen and oxygen atoms in total. The van der Waals surface area contributed by atoms with Crippen molar-refractivity contribution in [3.05, 3.63) is 52.1 Å². The van der Waals surface area contributed by atoms with Gasteiger partial charge in [0.1, 0.15) is 5.82 Å². The van der Waals surface area contributed by atoms with E-state index in [4.69, 9.17) is 5.73 Å². The Hall–Kier alpha value is -2.46. The van der Waals surface area contributed by atoms with Crippen molar-refractivity contribution in [2.45, 2.75) is 50.2 Å². The Morgan fingerprint density at radius 1 is 1.12 bits per heavy atom. The standard InChI is InChI=1S/C23H31N7O2.ClH/c24-17-13-19(14-17)26-18-3-1-16-12-20(4-2-15(16)11-18)30-8-5-21(28-23(30)32)27-22(31)29-9-6-25-7-10-29;/h2,4-5,8,12,17-19,25-26H,1,3,6-7,9-11,13-14,24H2,(H,27,28,31,32);1H/t17-,18?,19-;. The van der Waals surface area contributed by atoms with E-state index in [1.165, 1.54) is 15.7 Å². The third kappa shape index (κ3) is 5.38. The van der Waals surface area contributed by atoms with E-state index in [9.17, 15) is 9.59 Å². The fourth-order valence-corrected chi connectivity index (χ4v) is 4.89. The SMILES string of the molecule is Cl.N[C@H]1C[C@H](NC2CCc3cc(-n4ccc(NC(=O)N5CCNCC5)nc4=O)ccc3C2)C1. The number of urea groups is 1. The van der Waals surface area contributed by atoms with Gasteiger partial charge in [-0.1, -0.05) is 6.07 Å². The summed E-state index contributed by atoms with van der Waals surface area (Å²) in [5.74, 6) is 0.275. The molecule has 3 aliphatic rings. The minimum atomic E-state index is -0.403. The number of amides is 2. The number of aromatic nitrogens is 2. The minimum Gasteiger partial charge on any atom is -0.328 e. The number of carbonyl (C=O) groups excluding carboxylic acids is 1. The summed E-state index contributed by atoms with van der Waals surface area (Å²) >= 11 is 0. The molecule has 5 N–H and O–H groups in total. The first kappa shape index (κ1) is 23.7. The Morgan fingerprint density at radius 3 is 2.64 bits per heavy atom. The van der Waals surface area contributed by atoms with Crippen molar-refractivity contribution in [3.63, 3.8) is 0 Å². The van der Waals surface area contributed by atoms with Crippen LogP contribution in [0.3, 0.4) is 0 Å². The van der Waals surface area contributed by atoms with E-state index < -0.39 is 5.69 Å². The van der Waals surface area contributed by atoms with E-state index in [0.29, 0.717) is 31.2 Å². The Balaban J connectivity index is 0.00000259. The lowest BCUT2D eigenvalue weighted by atomic mass is 9.83. The highest BCUT2D eigenvalue weighted by Crippen LogP contribution is 2.26. The van der Waals surface area contributed by atoms with Gasteiger partial charge in [-0.3, -0.25) is 9.88 Å². The van der Waals surface area contributed by atoms with Crippen molar-refractivity contribution >= 4 is 24.3 Å².